The van der Waals surface area contributed by atoms with Crippen LogP contribution in [0.25, 0.3) is 6.08 Å². The molecule has 2 aromatic rings. The number of benzene rings is 2. The Labute approximate surface area is 200 Å². The Morgan fingerprint density at radius 2 is 1.88 bits per heavy atom. The number of nitrogens with zero attached hydrogens (tertiary/aromatic N) is 1. The fraction of sp³-hybridized carbons (Fsp3) is 0.360. The first-order chi connectivity index (χ1) is 16.0. The fourth-order valence-electron chi connectivity index (χ4n) is 4.38. The summed E-state index contributed by atoms with van der Waals surface area (Å²) < 4.78 is 17.8. The molecular formula is C25H25BrN2O5. The number of nitrogens with one attached hydrogen (secondary N) is 1. The Bertz CT molecular complexity index is 1150. The van der Waals surface area contributed by atoms with Crippen LogP contribution in [0.3, 0.4) is 0 Å². The number of amides is 1. The molecule has 0 saturated heterocycles. The maximum Gasteiger partial charge on any atom is 0.231 e. The third kappa shape index (κ3) is 3.86. The second kappa shape index (κ2) is 8.74. The monoisotopic (exact) mass is 512 g/mol. The first kappa shape index (κ1) is 21.8. The number of ketones is 1. The van der Waals surface area contributed by atoms with E-state index in [4.69, 9.17) is 14.2 Å². The van der Waals surface area contributed by atoms with Crippen molar-refractivity contribution in [2.45, 2.75) is 25.7 Å². The van der Waals surface area contributed by atoms with Crippen LogP contribution in [0, 0.1) is 5.92 Å². The average Bonchev–Trinajstić information content (AvgIpc) is 3.19. The van der Waals surface area contributed by atoms with Crippen molar-refractivity contribution in [3.05, 3.63) is 51.1 Å². The molecule has 33 heavy (non-hydrogen) atoms. The smallest absolute Gasteiger partial charge is 0.231 e. The van der Waals surface area contributed by atoms with E-state index < -0.39 is 0 Å². The zero-order valence-corrected chi connectivity index (χ0v) is 20.2. The molecule has 8 heteroatoms. The van der Waals surface area contributed by atoms with Crippen molar-refractivity contribution in [1.29, 1.82) is 0 Å². The minimum atomic E-state index is -0.0990. The van der Waals surface area contributed by atoms with Crippen molar-refractivity contribution in [3.8, 4) is 17.2 Å². The summed E-state index contributed by atoms with van der Waals surface area (Å²) in [7, 11) is 3.50. The first-order valence-electron chi connectivity index (χ1n) is 11.0. The number of hydrogen-bond acceptors (Lipinski definition) is 6. The van der Waals surface area contributed by atoms with E-state index in [2.05, 4.69) is 21.2 Å². The lowest BCUT2D eigenvalue weighted by Gasteiger charge is -2.24. The summed E-state index contributed by atoms with van der Waals surface area (Å²) in [4.78, 5) is 27.6. The molecule has 0 unspecified atom stereocenters. The molecule has 0 atom stereocenters. The van der Waals surface area contributed by atoms with Crippen LogP contribution < -0.4 is 19.5 Å². The molecule has 2 heterocycles. The van der Waals surface area contributed by atoms with Gasteiger partial charge in [0.1, 0.15) is 0 Å². The zero-order valence-electron chi connectivity index (χ0n) is 18.6. The number of Topliss-reactive ketones (excluding diaryl/α,β-unsaturated/α-hetero) is 1. The molecule has 1 amide bonds. The summed E-state index contributed by atoms with van der Waals surface area (Å²) in [6.45, 7) is 0.785. The summed E-state index contributed by atoms with van der Waals surface area (Å²) in [5, 5.41) is 2.94. The summed E-state index contributed by atoms with van der Waals surface area (Å²) in [5.41, 5.74) is 3.64. The molecule has 2 aromatic carbocycles. The zero-order chi connectivity index (χ0) is 23.1. The molecule has 0 aromatic heterocycles. The fourth-order valence-corrected chi connectivity index (χ4v) is 5.08. The second-order valence-corrected chi connectivity index (χ2v) is 9.32. The van der Waals surface area contributed by atoms with Gasteiger partial charge in [0.05, 0.1) is 17.3 Å². The Hall–Kier alpha value is -3.00. The molecule has 172 valence electrons. The molecule has 5 rings (SSSR count). The third-order valence-electron chi connectivity index (χ3n) is 6.57. The lowest BCUT2D eigenvalue weighted by molar-refractivity contribution is -0.122. The van der Waals surface area contributed by atoms with Crippen LogP contribution in [0.5, 0.6) is 17.2 Å². The van der Waals surface area contributed by atoms with Gasteiger partial charge in [-0.3, -0.25) is 9.59 Å². The van der Waals surface area contributed by atoms with Crippen LogP contribution in [-0.4, -0.2) is 44.1 Å². The average molecular weight is 513 g/mol. The predicted octanol–water partition coefficient (Wildman–Crippen LogP) is 4.64. The Balaban J connectivity index is 1.46. The number of likely N-dealkylation sites (N-methyl/N-ethyl adjacent to an activating group) is 1. The van der Waals surface area contributed by atoms with Gasteiger partial charge in [-0.05, 0) is 71.1 Å². The van der Waals surface area contributed by atoms with Crippen LogP contribution >= 0.6 is 15.9 Å². The highest BCUT2D eigenvalue weighted by Crippen LogP contribution is 2.51. The van der Waals surface area contributed by atoms with E-state index in [1.54, 1.807) is 31.4 Å². The van der Waals surface area contributed by atoms with Crippen molar-refractivity contribution in [2.75, 3.05) is 32.8 Å². The highest BCUT2D eigenvalue weighted by atomic mass is 79.9. The van der Waals surface area contributed by atoms with Crippen molar-refractivity contribution in [3.63, 3.8) is 0 Å². The third-order valence-corrected chi connectivity index (χ3v) is 7.41. The van der Waals surface area contributed by atoms with E-state index in [1.165, 1.54) is 0 Å². The maximum absolute atomic E-state index is 13.5. The van der Waals surface area contributed by atoms with Crippen LogP contribution in [0.4, 0.5) is 5.69 Å². The molecule has 1 fully saturated rings. The van der Waals surface area contributed by atoms with Crippen LogP contribution in [0.1, 0.15) is 40.7 Å². The van der Waals surface area contributed by atoms with Crippen molar-refractivity contribution >= 4 is 39.4 Å². The van der Waals surface area contributed by atoms with Gasteiger partial charge in [-0.2, -0.15) is 0 Å². The summed E-state index contributed by atoms with van der Waals surface area (Å²) in [6, 6.07) is 7.08. The van der Waals surface area contributed by atoms with Gasteiger partial charge in [0.25, 0.3) is 0 Å². The Morgan fingerprint density at radius 3 is 2.55 bits per heavy atom. The predicted molar refractivity (Wildman–Crippen MR) is 128 cm³/mol. The molecule has 1 saturated carbocycles. The summed E-state index contributed by atoms with van der Waals surface area (Å²) in [5.74, 6) is 1.81. The van der Waals surface area contributed by atoms with E-state index in [0.29, 0.717) is 47.2 Å². The first-order valence-corrected chi connectivity index (χ1v) is 11.8. The van der Waals surface area contributed by atoms with Gasteiger partial charge in [0.15, 0.2) is 11.5 Å². The van der Waals surface area contributed by atoms with Crippen molar-refractivity contribution in [1.82, 2.24) is 4.90 Å². The van der Waals surface area contributed by atoms with E-state index in [0.717, 1.165) is 34.9 Å². The van der Waals surface area contributed by atoms with Gasteiger partial charge in [-0.15, -0.1) is 0 Å². The number of methoxy groups -OCH3 is 1. The van der Waals surface area contributed by atoms with E-state index in [1.807, 2.05) is 18.0 Å². The number of carbonyl (C=O) groups is 2. The van der Waals surface area contributed by atoms with Crippen molar-refractivity contribution < 1.29 is 23.8 Å². The molecule has 0 radical (unpaired) electrons. The lowest BCUT2D eigenvalue weighted by atomic mass is 9.85. The normalized spacial score (nSPS) is 16.9. The number of allylic oxidation sites excluding steroid dienone is 1. The van der Waals surface area contributed by atoms with Gasteiger partial charge < -0.3 is 24.4 Å². The van der Waals surface area contributed by atoms with Crippen molar-refractivity contribution in [2.24, 2.45) is 5.92 Å². The number of halogens is 1. The summed E-state index contributed by atoms with van der Waals surface area (Å²) in [6.07, 6.45) is 5.58. The molecule has 3 aliphatic rings. The lowest BCUT2D eigenvalue weighted by Crippen LogP contribution is -2.28. The number of anilines is 1. The van der Waals surface area contributed by atoms with Gasteiger partial charge in [0, 0.05) is 36.3 Å². The van der Waals surface area contributed by atoms with Gasteiger partial charge in [0.2, 0.25) is 24.2 Å². The van der Waals surface area contributed by atoms with Crippen LogP contribution in [0.15, 0.2) is 34.4 Å². The summed E-state index contributed by atoms with van der Waals surface area (Å²) >= 11 is 3.66. The van der Waals surface area contributed by atoms with Gasteiger partial charge in [-0.1, -0.05) is 6.42 Å². The highest BCUT2D eigenvalue weighted by molar-refractivity contribution is 9.10. The molecule has 0 bridgehead atoms. The number of fused-ring (bicyclic) bond motifs is 2. The number of hydrogen-bond donors (Lipinski definition) is 1. The molecule has 7 nitrogen and oxygen atoms in total. The Kier molecular flexibility index (Phi) is 5.78. The molecular weight excluding hydrogens is 488 g/mol. The second-order valence-electron chi connectivity index (χ2n) is 8.53. The van der Waals surface area contributed by atoms with Gasteiger partial charge in [-0.25, -0.2) is 0 Å². The van der Waals surface area contributed by atoms with E-state index in [-0.39, 0.29) is 24.4 Å². The largest absolute Gasteiger partial charge is 0.492 e. The topological polar surface area (TPSA) is 77.1 Å². The number of rotatable bonds is 5. The minimum Gasteiger partial charge on any atom is -0.492 e. The Morgan fingerprint density at radius 1 is 1.15 bits per heavy atom. The molecule has 0 spiro atoms. The minimum absolute atomic E-state index is 0.0551. The van der Waals surface area contributed by atoms with Crippen LogP contribution in [0.2, 0.25) is 0 Å². The maximum atomic E-state index is 13.5. The highest BCUT2D eigenvalue weighted by Gasteiger charge is 2.32. The number of ether oxygens (including phenoxy) is 3. The van der Waals surface area contributed by atoms with Crippen LogP contribution in [-0.2, 0) is 11.2 Å². The molecule has 1 aliphatic carbocycles. The molecule has 2 aliphatic heterocycles. The SMILES string of the molecule is COc1c2c(c(Br)c3c1OCO3)CCN(C)C(C(=O)c1ccc(NC(=O)C3CCC3)cc1)=C2. The quantitative estimate of drug-likeness (QED) is 0.588. The van der Waals surface area contributed by atoms with E-state index in [9.17, 15) is 9.59 Å². The van der Waals surface area contributed by atoms with Gasteiger partial charge >= 0.3 is 0 Å². The molecule has 1 N–H and O–H groups in total. The van der Waals surface area contributed by atoms with E-state index >= 15 is 0 Å². The number of carbonyl (C=O) groups excluding carboxylic acids is 2. The standard InChI is InChI=1S/C25H25BrN2O5/c1-28-11-10-17-18(22(31-2)24-23(20(17)26)32-13-33-24)12-19(28)21(29)14-6-8-16(9-7-14)27-25(30)15-4-3-5-15/h6-9,12,15H,3-5,10-11,13H2,1-2H3,(H,27,30).